The van der Waals surface area contributed by atoms with Gasteiger partial charge in [-0.3, -0.25) is 0 Å². The van der Waals surface area contributed by atoms with E-state index in [2.05, 4.69) is 12.2 Å². The van der Waals surface area contributed by atoms with Crippen LogP contribution in [0, 0.1) is 5.41 Å². The van der Waals surface area contributed by atoms with Gasteiger partial charge in [-0.1, -0.05) is 6.92 Å². The molecule has 2 N–H and O–H groups in total. The molecule has 0 aromatic rings. The molecule has 0 aromatic carbocycles. The molecule has 2 unspecified atom stereocenters. The van der Waals surface area contributed by atoms with E-state index < -0.39 is 0 Å². The Balaban J connectivity index is 1.72. The lowest BCUT2D eigenvalue weighted by molar-refractivity contribution is 0.122. The molecule has 1 aliphatic carbocycles. The first-order valence-electron chi connectivity index (χ1n) is 4.69. The fourth-order valence-electron chi connectivity index (χ4n) is 1.51. The number of rotatable bonds is 3. The Kier molecular flexibility index (Phi) is 2.10. The van der Waals surface area contributed by atoms with Crippen molar-refractivity contribution >= 4 is 0 Å². The number of ether oxygens (including phenoxy) is 1. The van der Waals surface area contributed by atoms with Crippen molar-refractivity contribution in [2.24, 2.45) is 5.41 Å². The fourth-order valence-corrected chi connectivity index (χ4v) is 1.51. The molecule has 1 saturated heterocycles. The minimum absolute atomic E-state index is 0.169. The second kappa shape index (κ2) is 2.98. The molecular weight excluding hydrogens is 154 g/mol. The van der Waals surface area contributed by atoms with E-state index in [1.54, 1.807) is 0 Å². The van der Waals surface area contributed by atoms with E-state index in [9.17, 15) is 5.11 Å². The molecule has 1 aliphatic heterocycles. The molecule has 0 spiro atoms. The summed E-state index contributed by atoms with van der Waals surface area (Å²) < 4.78 is 5.14. The summed E-state index contributed by atoms with van der Waals surface area (Å²) >= 11 is 0. The predicted molar refractivity (Wildman–Crippen MR) is 46.0 cm³/mol. The van der Waals surface area contributed by atoms with Crippen LogP contribution in [0.4, 0.5) is 0 Å². The largest absolute Gasteiger partial charge is 0.389 e. The van der Waals surface area contributed by atoms with Gasteiger partial charge >= 0.3 is 0 Å². The molecule has 0 amide bonds. The molecule has 1 saturated carbocycles. The van der Waals surface area contributed by atoms with Crippen LogP contribution in [0.3, 0.4) is 0 Å². The minimum Gasteiger partial charge on any atom is -0.389 e. The quantitative estimate of drug-likeness (QED) is 0.634. The lowest BCUT2D eigenvalue weighted by atomic mass is 10.1. The molecular formula is C9H17NO2. The highest BCUT2D eigenvalue weighted by Gasteiger charge is 2.38. The summed E-state index contributed by atoms with van der Waals surface area (Å²) in [6, 6.07) is 0.169. The first-order valence-corrected chi connectivity index (χ1v) is 4.69. The smallest absolute Gasteiger partial charge is 0.0948 e. The lowest BCUT2D eigenvalue weighted by Crippen LogP contribution is -2.41. The van der Waals surface area contributed by atoms with E-state index in [0.717, 1.165) is 6.54 Å². The highest BCUT2D eigenvalue weighted by atomic mass is 16.5. The van der Waals surface area contributed by atoms with Gasteiger partial charge in [0.15, 0.2) is 0 Å². The molecule has 1 heterocycles. The van der Waals surface area contributed by atoms with E-state index in [1.165, 1.54) is 12.8 Å². The van der Waals surface area contributed by atoms with Crippen LogP contribution in [0.5, 0.6) is 0 Å². The summed E-state index contributed by atoms with van der Waals surface area (Å²) in [7, 11) is 0. The number of hydrogen-bond acceptors (Lipinski definition) is 3. The minimum atomic E-state index is -0.299. The van der Waals surface area contributed by atoms with Crippen molar-refractivity contribution in [1.29, 1.82) is 0 Å². The third-order valence-electron chi connectivity index (χ3n) is 2.95. The SMILES string of the molecule is CC1(CNC2COCC2O)CC1. The number of hydrogen-bond donors (Lipinski definition) is 2. The van der Waals surface area contributed by atoms with E-state index >= 15 is 0 Å². The Bertz CT molecular complexity index is 168. The average Bonchev–Trinajstić information content (AvgIpc) is 2.61. The Labute approximate surface area is 73.1 Å². The van der Waals surface area contributed by atoms with Crippen molar-refractivity contribution < 1.29 is 9.84 Å². The molecule has 2 rings (SSSR count). The van der Waals surface area contributed by atoms with Gasteiger partial charge in [-0.05, 0) is 18.3 Å². The maximum atomic E-state index is 9.42. The van der Waals surface area contributed by atoms with Gasteiger partial charge in [0.25, 0.3) is 0 Å². The highest BCUT2D eigenvalue weighted by molar-refractivity contribution is 4.92. The summed E-state index contributed by atoms with van der Waals surface area (Å²) in [5, 5.41) is 12.8. The zero-order chi connectivity index (χ0) is 8.60. The lowest BCUT2D eigenvalue weighted by Gasteiger charge is -2.17. The normalized spacial score (nSPS) is 38.5. The first-order chi connectivity index (χ1) is 5.70. The average molecular weight is 171 g/mol. The zero-order valence-corrected chi connectivity index (χ0v) is 7.55. The summed E-state index contributed by atoms with van der Waals surface area (Å²) in [4.78, 5) is 0. The Morgan fingerprint density at radius 3 is 2.75 bits per heavy atom. The van der Waals surface area contributed by atoms with Crippen molar-refractivity contribution in [3.63, 3.8) is 0 Å². The van der Waals surface area contributed by atoms with Gasteiger partial charge in [-0.2, -0.15) is 0 Å². The van der Waals surface area contributed by atoms with Gasteiger partial charge in [-0.25, -0.2) is 0 Å². The summed E-state index contributed by atoms with van der Waals surface area (Å²) in [5.74, 6) is 0. The maximum absolute atomic E-state index is 9.42. The highest BCUT2D eigenvalue weighted by Crippen LogP contribution is 2.44. The van der Waals surface area contributed by atoms with Crippen molar-refractivity contribution in [1.82, 2.24) is 5.32 Å². The van der Waals surface area contributed by atoms with Crippen molar-refractivity contribution in [3.8, 4) is 0 Å². The molecule has 70 valence electrons. The molecule has 3 nitrogen and oxygen atoms in total. The molecule has 0 radical (unpaired) electrons. The molecule has 2 fully saturated rings. The summed E-state index contributed by atoms with van der Waals surface area (Å²) in [5.41, 5.74) is 0.516. The third-order valence-corrected chi connectivity index (χ3v) is 2.95. The van der Waals surface area contributed by atoms with Gasteiger partial charge < -0.3 is 15.2 Å². The molecule has 2 atom stereocenters. The number of aliphatic hydroxyl groups excluding tert-OH is 1. The van der Waals surface area contributed by atoms with E-state index in [0.29, 0.717) is 18.6 Å². The fraction of sp³-hybridized carbons (Fsp3) is 1.00. The number of nitrogens with one attached hydrogen (secondary N) is 1. The maximum Gasteiger partial charge on any atom is 0.0948 e. The monoisotopic (exact) mass is 171 g/mol. The van der Waals surface area contributed by atoms with Gasteiger partial charge in [0.1, 0.15) is 0 Å². The Morgan fingerprint density at radius 2 is 2.25 bits per heavy atom. The van der Waals surface area contributed by atoms with Crippen LogP contribution >= 0.6 is 0 Å². The molecule has 3 heteroatoms. The topological polar surface area (TPSA) is 41.5 Å². The van der Waals surface area contributed by atoms with E-state index in [-0.39, 0.29) is 12.1 Å². The Hall–Kier alpha value is -0.120. The van der Waals surface area contributed by atoms with E-state index in [4.69, 9.17) is 4.74 Å². The van der Waals surface area contributed by atoms with Crippen LogP contribution < -0.4 is 5.32 Å². The van der Waals surface area contributed by atoms with Crippen LogP contribution in [0.2, 0.25) is 0 Å². The summed E-state index contributed by atoms with van der Waals surface area (Å²) in [6.45, 7) is 4.46. The first kappa shape index (κ1) is 8.48. The van der Waals surface area contributed by atoms with Gasteiger partial charge in [0, 0.05) is 6.54 Å². The second-order valence-electron chi connectivity index (χ2n) is 4.40. The van der Waals surface area contributed by atoms with E-state index in [1.807, 2.05) is 0 Å². The molecule has 0 bridgehead atoms. The standard InChI is InChI=1S/C9H17NO2/c1-9(2-3-9)6-10-7-4-12-5-8(7)11/h7-8,10-11H,2-6H2,1H3. The molecule has 2 aliphatic rings. The van der Waals surface area contributed by atoms with Crippen molar-refractivity contribution in [2.45, 2.75) is 31.9 Å². The van der Waals surface area contributed by atoms with Crippen molar-refractivity contribution in [3.05, 3.63) is 0 Å². The van der Waals surface area contributed by atoms with Gasteiger partial charge in [0.05, 0.1) is 25.4 Å². The Morgan fingerprint density at radius 1 is 1.50 bits per heavy atom. The summed E-state index contributed by atoms with van der Waals surface area (Å²) in [6.07, 6.45) is 2.35. The van der Waals surface area contributed by atoms with Crippen LogP contribution in [0.25, 0.3) is 0 Å². The third kappa shape index (κ3) is 1.79. The van der Waals surface area contributed by atoms with Crippen LogP contribution in [-0.4, -0.2) is 37.0 Å². The zero-order valence-electron chi connectivity index (χ0n) is 7.55. The van der Waals surface area contributed by atoms with Gasteiger partial charge in [0.2, 0.25) is 0 Å². The van der Waals surface area contributed by atoms with Crippen molar-refractivity contribution in [2.75, 3.05) is 19.8 Å². The van der Waals surface area contributed by atoms with Gasteiger partial charge in [-0.15, -0.1) is 0 Å². The number of aliphatic hydroxyl groups is 1. The predicted octanol–water partition coefficient (Wildman–Crippen LogP) is 0.136. The second-order valence-corrected chi connectivity index (χ2v) is 4.40. The van der Waals surface area contributed by atoms with Crippen LogP contribution in [-0.2, 0) is 4.74 Å². The molecule has 12 heavy (non-hydrogen) atoms. The van der Waals surface area contributed by atoms with Crippen LogP contribution in [0.1, 0.15) is 19.8 Å². The molecule has 0 aromatic heterocycles. The van der Waals surface area contributed by atoms with Crippen LogP contribution in [0.15, 0.2) is 0 Å².